The Morgan fingerprint density at radius 3 is 2.54 bits per heavy atom. The number of hydrogen-bond acceptors (Lipinski definition) is 4. The van der Waals surface area contributed by atoms with Crippen LogP contribution in [-0.2, 0) is 21.9 Å². The zero-order valence-corrected chi connectivity index (χ0v) is 16.0. The van der Waals surface area contributed by atoms with Gasteiger partial charge in [0.25, 0.3) is 0 Å². The number of aliphatic carboxylic acids is 1. The van der Waals surface area contributed by atoms with Crippen LogP contribution in [0.2, 0.25) is 10.0 Å². The van der Waals surface area contributed by atoms with Crippen molar-refractivity contribution in [1.29, 1.82) is 0 Å². The van der Waals surface area contributed by atoms with Crippen LogP contribution in [0.3, 0.4) is 0 Å². The molecule has 2 rings (SSSR count). The van der Waals surface area contributed by atoms with Gasteiger partial charge in [-0.2, -0.15) is 11.8 Å². The van der Waals surface area contributed by atoms with E-state index < -0.39 is 18.1 Å². The van der Waals surface area contributed by atoms with Crippen molar-refractivity contribution >= 4 is 47.0 Å². The first-order valence-corrected chi connectivity index (χ1v) is 9.59. The molecule has 1 unspecified atom stereocenters. The van der Waals surface area contributed by atoms with E-state index in [4.69, 9.17) is 27.9 Å². The maximum Gasteiger partial charge on any atom is 0.408 e. The molecule has 5 nitrogen and oxygen atoms in total. The van der Waals surface area contributed by atoms with Gasteiger partial charge in [-0.05, 0) is 17.2 Å². The van der Waals surface area contributed by atoms with Gasteiger partial charge in [0.05, 0.1) is 10.0 Å². The molecule has 26 heavy (non-hydrogen) atoms. The minimum Gasteiger partial charge on any atom is -0.480 e. The highest BCUT2D eigenvalue weighted by molar-refractivity contribution is 7.98. The summed E-state index contributed by atoms with van der Waals surface area (Å²) in [5.41, 5.74) is 1.62. The average Bonchev–Trinajstić information content (AvgIpc) is 2.63. The van der Waals surface area contributed by atoms with Gasteiger partial charge in [-0.25, -0.2) is 9.59 Å². The van der Waals surface area contributed by atoms with E-state index >= 15 is 0 Å². The predicted molar refractivity (Wildman–Crippen MR) is 104 cm³/mol. The Bertz CT molecular complexity index is 758. The van der Waals surface area contributed by atoms with E-state index in [1.807, 2.05) is 36.4 Å². The Kier molecular flexibility index (Phi) is 8.09. The van der Waals surface area contributed by atoms with Crippen molar-refractivity contribution in [2.75, 3.05) is 5.75 Å². The van der Waals surface area contributed by atoms with Crippen LogP contribution in [0.1, 0.15) is 11.1 Å². The smallest absolute Gasteiger partial charge is 0.408 e. The van der Waals surface area contributed by atoms with Crippen LogP contribution >= 0.6 is 35.0 Å². The lowest BCUT2D eigenvalue weighted by Gasteiger charge is -2.14. The summed E-state index contributed by atoms with van der Waals surface area (Å²) in [6.45, 7) is 0.0737. The molecule has 0 aliphatic heterocycles. The monoisotopic (exact) mass is 413 g/mol. The number of carbonyl (C=O) groups is 2. The molecule has 8 heteroatoms. The van der Waals surface area contributed by atoms with Crippen molar-refractivity contribution in [3.63, 3.8) is 0 Å². The van der Waals surface area contributed by atoms with Crippen LogP contribution in [-0.4, -0.2) is 29.0 Å². The summed E-state index contributed by atoms with van der Waals surface area (Å²) < 4.78 is 5.05. The molecule has 0 saturated heterocycles. The first kappa shape index (κ1) is 20.4. The van der Waals surface area contributed by atoms with Crippen LogP contribution in [0.15, 0.2) is 48.5 Å². The number of hydrogen-bond donors (Lipinski definition) is 2. The van der Waals surface area contributed by atoms with Gasteiger partial charge >= 0.3 is 12.1 Å². The number of ether oxygens (including phenoxy) is 1. The summed E-state index contributed by atoms with van der Waals surface area (Å²) in [5.74, 6) is -0.492. The molecule has 0 radical (unpaired) electrons. The summed E-state index contributed by atoms with van der Waals surface area (Å²) >= 11 is 13.4. The summed E-state index contributed by atoms with van der Waals surface area (Å²) in [6, 6.07) is 13.3. The molecule has 0 aliphatic rings. The van der Waals surface area contributed by atoms with Crippen molar-refractivity contribution in [3.8, 4) is 0 Å². The lowest BCUT2D eigenvalue weighted by molar-refractivity contribution is -0.138. The van der Waals surface area contributed by atoms with E-state index in [1.165, 1.54) is 11.8 Å². The third-order valence-corrected chi connectivity index (χ3v) is 5.32. The molecule has 1 atom stereocenters. The van der Waals surface area contributed by atoms with Crippen molar-refractivity contribution in [2.24, 2.45) is 0 Å². The molecule has 138 valence electrons. The Labute approximate surface area is 165 Å². The second kappa shape index (κ2) is 10.3. The average molecular weight is 414 g/mol. The highest BCUT2D eigenvalue weighted by atomic mass is 35.5. The number of thioether (sulfide) groups is 1. The summed E-state index contributed by atoms with van der Waals surface area (Å²) in [5, 5.41) is 12.5. The molecule has 0 aromatic heterocycles. The third-order valence-electron chi connectivity index (χ3n) is 3.38. The molecule has 0 saturated carbocycles. The number of amides is 1. The fourth-order valence-corrected chi connectivity index (χ4v) is 3.53. The number of alkyl carbamates (subject to hydrolysis) is 1. The van der Waals surface area contributed by atoms with E-state index in [0.717, 1.165) is 11.1 Å². The molecule has 2 aromatic rings. The molecule has 1 amide bonds. The number of nitrogens with one attached hydrogen (secondary N) is 1. The van der Waals surface area contributed by atoms with Gasteiger partial charge in [0.1, 0.15) is 12.6 Å². The molecule has 2 N–H and O–H groups in total. The Morgan fingerprint density at radius 2 is 1.85 bits per heavy atom. The van der Waals surface area contributed by atoms with Gasteiger partial charge < -0.3 is 15.2 Å². The van der Waals surface area contributed by atoms with Gasteiger partial charge in [-0.15, -0.1) is 0 Å². The Morgan fingerprint density at radius 1 is 1.12 bits per heavy atom. The van der Waals surface area contributed by atoms with Gasteiger partial charge in [0.15, 0.2) is 0 Å². The first-order valence-electron chi connectivity index (χ1n) is 7.68. The van der Waals surface area contributed by atoms with Crippen molar-refractivity contribution in [1.82, 2.24) is 5.32 Å². The van der Waals surface area contributed by atoms with Crippen LogP contribution in [0, 0.1) is 0 Å². The van der Waals surface area contributed by atoms with Crippen molar-refractivity contribution in [3.05, 3.63) is 69.7 Å². The van der Waals surface area contributed by atoms with Gasteiger partial charge in [0.2, 0.25) is 0 Å². The van der Waals surface area contributed by atoms with E-state index in [1.54, 1.807) is 12.1 Å². The number of carboxylic acid groups (broad SMARTS) is 1. The highest BCUT2D eigenvalue weighted by Gasteiger charge is 2.21. The molecule has 0 heterocycles. The molecular formula is C18H17Cl2NO4S. The van der Waals surface area contributed by atoms with Crippen LogP contribution in [0.25, 0.3) is 0 Å². The maximum absolute atomic E-state index is 11.8. The lowest BCUT2D eigenvalue weighted by Crippen LogP contribution is -2.42. The molecule has 0 aliphatic carbocycles. The fraction of sp³-hybridized carbons (Fsp3) is 0.222. The van der Waals surface area contributed by atoms with E-state index in [-0.39, 0.29) is 12.4 Å². The zero-order valence-electron chi connectivity index (χ0n) is 13.7. The minimum atomic E-state index is -1.13. The van der Waals surface area contributed by atoms with E-state index in [2.05, 4.69) is 5.32 Å². The molecule has 0 bridgehead atoms. The highest BCUT2D eigenvalue weighted by Crippen LogP contribution is 2.28. The first-order chi connectivity index (χ1) is 12.5. The van der Waals surface area contributed by atoms with Crippen molar-refractivity contribution in [2.45, 2.75) is 18.4 Å². The second-order valence-electron chi connectivity index (χ2n) is 5.32. The Hall–Kier alpha value is -1.89. The number of carbonyl (C=O) groups excluding carboxylic acids is 1. The topological polar surface area (TPSA) is 75.6 Å². The summed E-state index contributed by atoms with van der Waals surface area (Å²) in [7, 11) is 0. The summed E-state index contributed by atoms with van der Waals surface area (Å²) in [6.07, 6.45) is -0.775. The van der Waals surface area contributed by atoms with Gasteiger partial charge in [-0.3, -0.25) is 0 Å². The number of rotatable bonds is 8. The SMILES string of the molecule is O=C(NC(CSCc1cccc(Cl)c1Cl)C(=O)O)OCc1ccccc1. The molecule has 2 aromatic carbocycles. The van der Waals surface area contributed by atoms with Crippen LogP contribution in [0.5, 0.6) is 0 Å². The normalized spacial score (nSPS) is 11.6. The minimum absolute atomic E-state index is 0.0737. The quantitative estimate of drug-likeness (QED) is 0.660. The number of benzene rings is 2. The molecule has 0 fully saturated rings. The zero-order chi connectivity index (χ0) is 18.9. The summed E-state index contributed by atoms with van der Waals surface area (Å²) in [4.78, 5) is 23.2. The molecule has 0 spiro atoms. The molecular weight excluding hydrogens is 397 g/mol. The largest absolute Gasteiger partial charge is 0.480 e. The number of carboxylic acids is 1. The van der Waals surface area contributed by atoms with Gasteiger partial charge in [0, 0.05) is 11.5 Å². The second-order valence-corrected chi connectivity index (χ2v) is 7.14. The van der Waals surface area contributed by atoms with E-state index in [0.29, 0.717) is 15.8 Å². The van der Waals surface area contributed by atoms with Crippen molar-refractivity contribution < 1.29 is 19.4 Å². The van der Waals surface area contributed by atoms with Crippen LogP contribution < -0.4 is 5.32 Å². The van der Waals surface area contributed by atoms with Gasteiger partial charge in [-0.1, -0.05) is 65.7 Å². The number of halogens is 2. The Balaban J connectivity index is 1.81. The lowest BCUT2D eigenvalue weighted by atomic mass is 10.2. The van der Waals surface area contributed by atoms with Crippen LogP contribution in [0.4, 0.5) is 4.79 Å². The standard InChI is InChI=1S/C18H17Cl2NO4S/c19-14-8-4-7-13(16(14)20)10-26-11-15(17(22)23)21-18(24)25-9-12-5-2-1-3-6-12/h1-8,15H,9-11H2,(H,21,24)(H,22,23). The third kappa shape index (κ3) is 6.44. The van der Waals surface area contributed by atoms with E-state index in [9.17, 15) is 14.7 Å². The predicted octanol–water partition coefficient (Wildman–Crippen LogP) is 4.61. The fourth-order valence-electron chi connectivity index (χ4n) is 2.03. The maximum atomic E-state index is 11.8.